The first-order valence-electron chi connectivity index (χ1n) is 8.64. The van der Waals surface area contributed by atoms with Gasteiger partial charge in [-0.15, -0.1) is 0 Å². The number of aliphatic hydroxyl groups excluding tert-OH is 1. The van der Waals surface area contributed by atoms with E-state index in [2.05, 4.69) is 45.2 Å². The van der Waals surface area contributed by atoms with Crippen molar-refractivity contribution < 1.29 is 5.11 Å². The predicted octanol–water partition coefficient (Wildman–Crippen LogP) is 4.14. The lowest BCUT2D eigenvalue weighted by Crippen LogP contribution is -2.46. The maximum atomic E-state index is 10.2. The van der Waals surface area contributed by atoms with Crippen LogP contribution in [0.15, 0.2) is 12.2 Å². The first-order valence-corrected chi connectivity index (χ1v) is 8.64. The zero-order chi connectivity index (χ0) is 15.0. The van der Waals surface area contributed by atoms with Crippen LogP contribution in [0.3, 0.4) is 0 Å². The van der Waals surface area contributed by atoms with Crippen molar-refractivity contribution >= 4 is 0 Å². The second-order valence-corrected chi connectivity index (χ2v) is 6.79. The molecule has 0 aliphatic heterocycles. The van der Waals surface area contributed by atoms with Gasteiger partial charge in [0.05, 0.1) is 6.10 Å². The first kappa shape index (κ1) is 17.7. The smallest absolute Gasteiger partial charge is 0.0693 e. The zero-order valence-corrected chi connectivity index (χ0v) is 13.9. The Kier molecular flexibility index (Phi) is 8.47. The van der Waals surface area contributed by atoms with Crippen molar-refractivity contribution in [2.24, 2.45) is 17.8 Å². The highest BCUT2D eigenvalue weighted by molar-refractivity contribution is 4.90. The number of hydrogen-bond donors (Lipinski definition) is 2. The van der Waals surface area contributed by atoms with Crippen molar-refractivity contribution in [3.05, 3.63) is 12.2 Å². The summed E-state index contributed by atoms with van der Waals surface area (Å²) in [6, 6.07) is 0.249. The van der Waals surface area contributed by atoms with E-state index in [0.29, 0.717) is 11.8 Å². The molecular weight excluding hydrogens is 246 g/mol. The van der Waals surface area contributed by atoms with E-state index >= 15 is 0 Å². The number of aliphatic hydroxyl groups is 1. The van der Waals surface area contributed by atoms with Gasteiger partial charge in [0.1, 0.15) is 0 Å². The molecule has 0 radical (unpaired) electrons. The minimum absolute atomic E-state index is 0.213. The van der Waals surface area contributed by atoms with Crippen LogP contribution >= 0.6 is 0 Å². The highest BCUT2D eigenvalue weighted by Gasteiger charge is 2.23. The molecule has 0 saturated heterocycles. The minimum atomic E-state index is -0.213. The first-order chi connectivity index (χ1) is 9.58. The van der Waals surface area contributed by atoms with Crippen molar-refractivity contribution in [1.29, 1.82) is 0 Å². The molecule has 2 nitrogen and oxygen atoms in total. The molecule has 0 aromatic rings. The molecule has 118 valence electrons. The van der Waals surface area contributed by atoms with Crippen LogP contribution in [0.4, 0.5) is 0 Å². The lowest BCUT2D eigenvalue weighted by molar-refractivity contribution is 0.0928. The van der Waals surface area contributed by atoms with Crippen LogP contribution in [0.1, 0.15) is 66.2 Å². The summed E-state index contributed by atoms with van der Waals surface area (Å²) >= 11 is 0. The average molecular weight is 281 g/mol. The van der Waals surface area contributed by atoms with Gasteiger partial charge in [-0.2, -0.15) is 0 Å². The van der Waals surface area contributed by atoms with Crippen molar-refractivity contribution in [1.82, 2.24) is 5.32 Å². The summed E-state index contributed by atoms with van der Waals surface area (Å²) in [6.45, 7) is 9.90. The van der Waals surface area contributed by atoms with E-state index < -0.39 is 0 Å². The predicted molar refractivity (Wildman–Crippen MR) is 87.8 cm³/mol. The van der Waals surface area contributed by atoms with Gasteiger partial charge in [-0.05, 0) is 56.4 Å². The Balaban J connectivity index is 2.35. The molecule has 1 aliphatic carbocycles. The molecule has 0 spiro atoms. The highest BCUT2D eigenvalue weighted by atomic mass is 16.3. The van der Waals surface area contributed by atoms with Gasteiger partial charge in [0.15, 0.2) is 0 Å². The van der Waals surface area contributed by atoms with Crippen LogP contribution in [0, 0.1) is 17.8 Å². The number of nitrogens with one attached hydrogen (secondary N) is 1. The third kappa shape index (κ3) is 5.97. The molecule has 0 heterocycles. The molecule has 2 N–H and O–H groups in total. The highest BCUT2D eigenvalue weighted by Crippen LogP contribution is 2.25. The molecule has 1 rings (SSSR count). The lowest BCUT2D eigenvalue weighted by atomic mass is 9.86. The van der Waals surface area contributed by atoms with Gasteiger partial charge in [-0.1, -0.05) is 46.3 Å². The van der Waals surface area contributed by atoms with E-state index in [9.17, 15) is 5.11 Å². The van der Waals surface area contributed by atoms with Crippen LogP contribution in [0.5, 0.6) is 0 Å². The van der Waals surface area contributed by atoms with Gasteiger partial charge in [0, 0.05) is 6.04 Å². The van der Waals surface area contributed by atoms with Crippen molar-refractivity contribution in [2.75, 3.05) is 6.54 Å². The largest absolute Gasteiger partial charge is 0.392 e. The molecule has 0 aromatic heterocycles. The Bertz CT molecular complexity index is 267. The van der Waals surface area contributed by atoms with E-state index in [1.807, 2.05) is 0 Å². The molecule has 1 aliphatic rings. The SMILES string of the molecule is CCC(C)C(NCC(C)CC1CC=CCC1)C(O)CC. The van der Waals surface area contributed by atoms with Crippen LogP contribution in [0.2, 0.25) is 0 Å². The molecular formula is C18H35NO. The summed E-state index contributed by atoms with van der Waals surface area (Å²) in [6.07, 6.45) is 11.6. The van der Waals surface area contributed by atoms with Crippen molar-refractivity contribution in [3.63, 3.8) is 0 Å². The van der Waals surface area contributed by atoms with E-state index in [-0.39, 0.29) is 12.1 Å². The number of allylic oxidation sites excluding steroid dienone is 2. The second-order valence-electron chi connectivity index (χ2n) is 6.79. The van der Waals surface area contributed by atoms with Crippen molar-refractivity contribution in [2.45, 2.75) is 78.4 Å². The van der Waals surface area contributed by atoms with Crippen LogP contribution in [-0.4, -0.2) is 23.8 Å². The topological polar surface area (TPSA) is 32.3 Å². The van der Waals surface area contributed by atoms with E-state index in [1.165, 1.54) is 25.7 Å². The van der Waals surface area contributed by atoms with Crippen molar-refractivity contribution in [3.8, 4) is 0 Å². The number of rotatable bonds is 9. The Hall–Kier alpha value is -0.340. The van der Waals surface area contributed by atoms with E-state index in [4.69, 9.17) is 0 Å². The van der Waals surface area contributed by atoms with Gasteiger partial charge in [-0.3, -0.25) is 0 Å². The molecule has 5 atom stereocenters. The Labute approximate surface area is 126 Å². The molecule has 0 saturated carbocycles. The van der Waals surface area contributed by atoms with Gasteiger partial charge in [0.25, 0.3) is 0 Å². The van der Waals surface area contributed by atoms with Crippen LogP contribution < -0.4 is 5.32 Å². The summed E-state index contributed by atoms with van der Waals surface area (Å²) in [5, 5.41) is 13.8. The summed E-state index contributed by atoms with van der Waals surface area (Å²) < 4.78 is 0. The van der Waals surface area contributed by atoms with Crippen LogP contribution in [0.25, 0.3) is 0 Å². The third-order valence-corrected chi connectivity index (χ3v) is 4.91. The molecule has 2 heteroatoms. The Morgan fingerprint density at radius 3 is 2.50 bits per heavy atom. The lowest BCUT2D eigenvalue weighted by Gasteiger charge is -2.30. The Morgan fingerprint density at radius 1 is 1.20 bits per heavy atom. The standard InChI is InChI=1S/C18H35NO/c1-5-15(4)18(17(20)6-2)19-13-14(3)12-16-10-8-7-9-11-16/h7-8,14-20H,5-6,9-13H2,1-4H3. The van der Waals surface area contributed by atoms with E-state index in [1.54, 1.807) is 0 Å². The van der Waals surface area contributed by atoms with Gasteiger partial charge < -0.3 is 10.4 Å². The third-order valence-electron chi connectivity index (χ3n) is 4.91. The summed E-state index contributed by atoms with van der Waals surface area (Å²) in [7, 11) is 0. The second kappa shape index (κ2) is 9.57. The average Bonchev–Trinajstić information content (AvgIpc) is 2.47. The fourth-order valence-electron chi connectivity index (χ4n) is 3.28. The fraction of sp³-hybridized carbons (Fsp3) is 0.889. The molecule has 0 amide bonds. The minimum Gasteiger partial charge on any atom is -0.392 e. The fourth-order valence-corrected chi connectivity index (χ4v) is 3.28. The van der Waals surface area contributed by atoms with Crippen LogP contribution in [-0.2, 0) is 0 Å². The summed E-state index contributed by atoms with van der Waals surface area (Å²) in [5.74, 6) is 2.10. The quantitative estimate of drug-likeness (QED) is 0.622. The summed E-state index contributed by atoms with van der Waals surface area (Å²) in [4.78, 5) is 0. The maximum Gasteiger partial charge on any atom is 0.0693 e. The normalized spacial score (nSPS) is 25.1. The summed E-state index contributed by atoms with van der Waals surface area (Å²) in [5.41, 5.74) is 0. The van der Waals surface area contributed by atoms with Gasteiger partial charge in [0.2, 0.25) is 0 Å². The van der Waals surface area contributed by atoms with E-state index in [0.717, 1.165) is 25.3 Å². The molecule has 0 bridgehead atoms. The van der Waals surface area contributed by atoms with Gasteiger partial charge in [-0.25, -0.2) is 0 Å². The Morgan fingerprint density at radius 2 is 1.95 bits per heavy atom. The maximum absolute atomic E-state index is 10.2. The molecule has 5 unspecified atom stereocenters. The molecule has 0 fully saturated rings. The molecule has 20 heavy (non-hydrogen) atoms. The monoisotopic (exact) mass is 281 g/mol. The molecule has 0 aromatic carbocycles. The number of hydrogen-bond acceptors (Lipinski definition) is 2. The zero-order valence-electron chi connectivity index (χ0n) is 13.9. The van der Waals surface area contributed by atoms with Gasteiger partial charge >= 0.3 is 0 Å².